The first-order valence-corrected chi connectivity index (χ1v) is 7.51. The number of imidazole rings is 1. The van der Waals surface area contributed by atoms with Gasteiger partial charge in [0.1, 0.15) is 5.52 Å². The van der Waals surface area contributed by atoms with Crippen LogP contribution in [0.1, 0.15) is 45.4 Å². The molecule has 0 bridgehead atoms. The van der Waals surface area contributed by atoms with Crippen LogP contribution in [0.5, 0.6) is 0 Å². The average Bonchev–Trinajstić information content (AvgIpc) is 2.93. The average molecular weight is 274 g/mol. The molecule has 0 saturated heterocycles. The predicted octanol–water partition coefficient (Wildman–Crippen LogP) is 2.71. The third kappa shape index (κ3) is 2.55. The van der Waals surface area contributed by atoms with E-state index in [9.17, 15) is 0 Å². The van der Waals surface area contributed by atoms with Gasteiger partial charge in [0.2, 0.25) is 5.95 Å². The van der Waals surface area contributed by atoms with Crippen LogP contribution in [0.4, 0.5) is 11.8 Å². The standard InChI is InChI=1S/C14H22N6/c1-2-10(9-6-4-3-5-7-9)18-13-11-12(17-8-16-11)19-14(15)20-13/h8-10H,2-7H2,1H3,(H4,15,16,17,18,19,20). The fraction of sp³-hybridized carbons (Fsp3) is 0.643. The van der Waals surface area contributed by atoms with Gasteiger partial charge in [0, 0.05) is 6.04 Å². The number of rotatable bonds is 4. The zero-order valence-electron chi connectivity index (χ0n) is 11.9. The molecule has 1 unspecified atom stereocenters. The summed E-state index contributed by atoms with van der Waals surface area (Å²) in [7, 11) is 0. The second-order valence-corrected chi connectivity index (χ2v) is 5.59. The number of H-pyrrole nitrogens is 1. The van der Waals surface area contributed by atoms with Crippen molar-refractivity contribution in [3.05, 3.63) is 6.33 Å². The molecule has 1 saturated carbocycles. The molecule has 1 aliphatic rings. The second-order valence-electron chi connectivity index (χ2n) is 5.59. The molecule has 0 spiro atoms. The summed E-state index contributed by atoms with van der Waals surface area (Å²) in [6.07, 6.45) is 9.38. The van der Waals surface area contributed by atoms with E-state index in [4.69, 9.17) is 5.73 Å². The topological polar surface area (TPSA) is 92.5 Å². The molecule has 2 heterocycles. The van der Waals surface area contributed by atoms with Gasteiger partial charge in [-0.05, 0) is 25.2 Å². The van der Waals surface area contributed by atoms with Crippen molar-refractivity contribution in [2.75, 3.05) is 11.1 Å². The summed E-state index contributed by atoms with van der Waals surface area (Å²) >= 11 is 0. The number of hydrogen-bond donors (Lipinski definition) is 3. The number of nitrogens with zero attached hydrogens (tertiary/aromatic N) is 3. The van der Waals surface area contributed by atoms with Gasteiger partial charge in [-0.1, -0.05) is 26.2 Å². The minimum Gasteiger partial charge on any atom is -0.368 e. The highest BCUT2D eigenvalue weighted by Crippen LogP contribution is 2.30. The normalized spacial score (nSPS) is 18.2. The molecule has 0 amide bonds. The molecule has 1 aliphatic carbocycles. The molecule has 3 rings (SSSR count). The largest absolute Gasteiger partial charge is 0.368 e. The molecule has 0 aromatic carbocycles. The maximum Gasteiger partial charge on any atom is 0.224 e. The lowest BCUT2D eigenvalue weighted by molar-refractivity contribution is 0.312. The summed E-state index contributed by atoms with van der Waals surface area (Å²) in [5.74, 6) is 1.77. The molecule has 1 fully saturated rings. The van der Waals surface area contributed by atoms with Crippen molar-refractivity contribution >= 4 is 22.9 Å². The van der Waals surface area contributed by atoms with Crippen LogP contribution >= 0.6 is 0 Å². The van der Waals surface area contributed by atoms with Crippen LogP contribution in [0.25, 0.3) is 11.2 Å². The third-order valence-electron chi connectivity index (χ3n) is 4.28. The number of nitrogen functional groups attached to an aromatic ring is 1. The molecule has 0 aliphatic heterocycles. The molecule has 6 nitrogen and oxygen atoms in total. The van der Waals surface area contributed by atoms with Gasteiger partial charge in [-0.2, -0.15) is 9.97 Å². The Hall–Kier alpha value is -1.85. The van der Waals surface area contributed by atoms with Crippen molar-refractivity contribution in [2.45, 2.75) is 51.5 Å². The highest BCUT2D eigenvalue weighted by molar-refractivity contribution is 5.83. The number of nitrogens with two attached hydrogens (primary N) is 1. The summed E-state index contributed by atoms with van der Waals surface area (Å²) in [5, 5.41) is 3.57. The quantitative estimate of drug-likeness (QED) is 0.797. The Morgan fingerprint density at radius 3 is 2.90 bits per heavy atom. The number of fused-ring (bicyclic) bond motifs is 1. The minimum absolute atomic E-state index is 0.269. The lowest BCUT2D eigenvalue weighted by Crippen LogP contribution is -2.30. The van der Waals surface area contributed by atoms with Gasteiger partial charge < -0.3 is 16.0 Å². The van der Waals surface area contributed by atoms with Crippen molar-refractivity contribution in [1.29, 1.82) is 0 Å². The number of aromatic nitrogens is 4. The van der Waals surface area contributed by atoms with Crippen LogP contribution in [0, 0.1) is 5.92 Å². The van der Waals surface area contributed by atoms with Crippen molar-refractivity contribution < 1.29 is 0 Å². The fourth-order valence-corrected chi connectivity index (χ4v) is 3.22. The molecule has 2 aromatic rings. The van der Waals surface area contributed by atoms with Gasteiger partial charge in [0.05, 0.1) is 6.33 Å². The molecule has 0 radical (unpaired) electrons. The number of hydrogen-bond acceptors (Lipinski definition) is 5. The summed E-state index contributed by atoms with van der Waals surface area (Å²) in [6.45, 7) is 2.22. The minimum atomic E-state index is 0.269. The van der Waals surface area contributed by atoms with Crippen molar-refractivity contribution in [2.24, 2.45) is 5.92 Å². The molecule has 4 N–H and O–H groups in total. The highest BCUT2D eigenvalue weighted by Gasteiger charge is 2.23. The summed E-state index contributed by atoms with van der Waals surface area (Å²) in [6, 6.07) is 0.441. The Balaban J connectivity index is 1.84. The lowest BCUT2D eigenvalue weighted by Gasteiger charge is -2.30. The van der Waals surface area contributed by atoms with Gasteiger partial charge in [0.15, 0.2) is 11.5 Å². The Morgan fingerprint density at radius 2 is 2.15 bits per heavy atom. The Bertz CT molecular complexity index is 572. The monoisotopic (exact) mass is 274 g/mol. The van der Waals surface area contributed by atoms with Crippen LogP contribution < -0.4 is 11.1 Å². The molecule has 108 valence electrons. The Morgan fingerprint density at radius 1 is 1.35 bits per heavy atom. The van der Waals surface area contributed by atoms with Crippen molar-refractivity contribution in [1.82, 2.24) is 19.9 Å². The van der Waals surface area contributed by atoms with Crippen LogP contribution in [0.3, 0.4) is 0 Å². The number of anilines is 2. The second kappa shape index (κ2) is 5.64. The molecule has 1 atom stereocenters. The van der Waals surface area contributed by atoms with Gasteiger partial charge in [-0.3, -0.25) is 0 Å². The van der Waals surface area contributed by atoms with E-state index in [2.05, 4.69) is 32.2 Å². The van der Waals surface area contributed by atoms with E-state index >= 15 is 0 Å². The van der Waals surface area contributed by atoms with Gasteiger partial charge >= 0.3 is 0 Å². The SMILES string of the molecule is CCC(Nc1nc(N)nc2nc[nH]c12)C1CCCCC1. The van der Waals surface area contributed by atoms with Crippen LogP contribution in [0.15, 0.2) is 6.33 Å². The molecule has 6 heteroatoms. The van der Waals surface area contributed by atoms with E-state index in [0.29, 0.717) is 11.7 Å². The molecular formula is C14H22N6. The summed E-state index contributed by atoms with van der Waals surface area (Å²) in [4.78, 5) is 15.7. The van der Waals surface area contributed by atoms with E-state index in [1.165, 1.54) is 32.1 Å². The predicted molar refractivity (Wildman–Crippen MR) is 80.4 cm³/mol. The van der Waals surface area contributed by atoms with E-state index < -0.39 is 0 Å². The third-order valence-corrected chi connectivity index (χ3v) is 4.28. The molecule has 20 heavy (non-hydrogen) atoms. The Labute approximate surface area is 118 Å². The zero-order chi connectivity index (χ0) is 13.9. The van der Waals surface area contributed by atoms with E-state index in [0.717, 1.165) is 23.7 Å². The van der Waals surface area contributed by atoms with Crippen LogP contribution in [-0.2, 0) is 0 Å². The van der Waals surface area contributed by atoms with Gasteiger partial charge in [-0.25, -0.2) is 4.98 Å². The molecule has 2 aromatic heterocycles. The fourth-order valence-electron chi connectivity index (χ4n) is 3.22. The van der Waals surface area contributed by atoms with Crippen LogP contribution in [-0.4, -0.2) is 26.0 Å². The van der Waals surface area contributed by atoms with Crippen molar-refractivity contribution in [3.8, 4) is 0 Å². The van der Waals surface area contributed by atoms with Gasteiger partial charge in [0.25, 0.3) is 0 Å². The first-order chi connectivity index (χ1) is 9.78. The number of nitrogens with one attached hydrogen (secondary N) is 2. The Kier molecular flexibility index (Phi) is 3.71. The van der Waals surface area contributed by atoms with E-state index in [1.54, 1.807) is 6.33 Å². The highest BCUT2D eigenvalue weighted by atomic mass is 15.1. The maximum atomic E-state index is 5.76. The van der Waals surface area contributed by atoms with Gasteiger partial charge in [-0.15, -0.1) is 0 Å². The first kappa shape index (κ1) is 13.1. The summed E-state index contributed by atoms with van der Waals surface area (Å²) < 4.78 is 0. The lowest BCUT2D eigenvalue weighted by atomic mass is 9.83. The van der Waals surface area contributed by atoms with Crippen LogP contribution in [0.2, 0.25) is 0 Å². The summed E-state index contributed by atoms with van der Waals surface area (Å²) in [5.41, 5.74) is 7.23. The van der Waals surface area contributed by atoms with E-state index in [-0.39, 0.29) is 5.95 Å². The van der Waals surface area contributed by atoms with E-state index in [1.807, 2.05) is 0 Å². The smallest absolute Gasteiger partial charge is 0.224 e. The van der Waals surface area contributed by atoms with Crippen molar-refractivity contribution in [3.63, 3.8) is 0 Å². The zero-order valence-corrected chi connectivity index (χ0v) is 11.9. The maximum absolute atomic E-state index is 5.76. The number of aromatic amines is 1. The molecular weight excluding hydrogens is 252 g/mol. The first-order valence-electron chi connectivity index (χ1n) is 7.51.